The number of nitrogens with one attached hydrogen (secondary N) is 1. The Kier molecular flexibility index (Phi) is 30.0. The van der Waals surface area contributed by atoms with Gasteiger partial charge in [-0.05, 0) is 12.8 Å². The Bertz CT molecular complexity index is 563. The van der Waals surface area contributed by atoms with Gasteiger partial charge in [-0.15, -0.1) is 0 Å². The highest BCUT2D eigenvalue weighted by atomic mass is 16.6. The lowest BCUT2D eigenvalue weighted by Crippen LogP contribution is -2.14. The van der Waals surface area contributed by atoms with E-state index in [0.29, 0.717) is 13.0 Å². The van der Waals surface area contributed by atoms with Gasteiger partial charge in [0.2, 0.25) is 0 Å². The Balaban J connectivity index is 3.41. The van der Waals surface area contributed by atoms with Gasteiger partial charge in [0.1, 0.15) is 0 Å². The van der Waals surface area contributed by atoms with Crippen molar-refractivity contribution in [3.05, 3.63) is 0 Å². The minimum atomic E-state index is -0.548. The monoisotopic (exact) mass is 551 g/mol. The topological polar surface area (TPSA) is 76.5 Å². The summed E-state index contributed by atoms with van der Waals surface area (Å²) in [6.45, 7) is 5.05. The molecule has 0 aromatic heterocycles. The fourth-order valence-electron chi connectivity index (χ4n) is 4.94. The zero-order valence-electron chi connectivity index (χ0n) is 26.1. The fraction of sp³-hybridized carbons (Fsp3) is 0.912. The maximum absolute atomic E-state index is 11.9. The first-order valence-corrected chi connectivity index (χ1v) is 17.0. The van der Waals surface area contributed by atoms with Crippen molar-refractivity contribution in [3.8, 4) is 0 Å². The molecule has 5 heteroatoms. The van der Waals surface area contributed by atoms with Gasteiger partial charge in [0, 0.05) is 12.8 Å². The largest absolute Gasteiger partial charge is 0.481 e. The van der Waals surface area contributed by atoms with Gasteiger partial charge in [-0.25, -0.2) is 0 Å². The Morgan fingerprint density at radius 3 is 1.18 bits per heavy atom. The normalized spacial score (nSPS) is 11.0. The van der Waals surface area contributed by atoms with Crippen LogP contribution < -0.4 is 0 Å². The molecular formula is C34H65NO4. The SMILES string of the molecule is CCCCCCCCCCCCCCCCCC(=O)OC(=O)CCC(=N)OCCCCCCCCCCCC. The molecule has 0 rings (SSSR count). The molecule has 1 N–H and O–H groups in total. The van der Waals surface area contributed by atoms with Crippen LogP contribution in [-0.4, -0.2) is 24.4 Å². The summed E-state index contributed by atoms with van der Waals surface area (Å²) >= 11 is 0. The van der Waals surface area contributed by atoms with Crippen LogP contribution >= 0.6 is 0 Å². The molecule has 0 aliphatic carbocycles. The van der Waals surface area contributed by atoms with Crippen molar-refractivity contribution in [1.29, 1.82) is 5.41 Å². The van der Waals surface area contributed by atoms with Crippen molar-refractivity contribution in [3.63, 3.8) is 0 Å². The predicted molar refractivity (Wildman–Crippen MR) is 165 cm³/mol. The van der Waals surface area contributed by atoms with Crippen LogP contribution in [0.2, 0.25) is 0 Å². The molecule has 5 nitrogen and oxygen atoms in total. The standard InChI is InChI=1S/C34H65NO4/c1-3-5-7-9-11-13-15-16-17-18-19-20-22-24-26-28-33(36)39-34(37)30-29-32(35)38-31-27-25-23-21-14-12-10-8-6-4-2/h35H,3-31H2,1-2H3. The third-order valence-corrected chi connectivity index (χ3v) is 7.54. The Morgan fingerprint density at radius 1 is 0.436 bits per heavy atom. The summed E-state index contributed by atoms with van der Waals surface area (Å²) < 4.78 is 10.3. The molecule has 0 aromatic rings. The summed E-state index contributed by atoms with van der Waals surface area (Å²) in [4.78, 5) is 23.8. The molecule has 0 heterocycles. The number of ether oxygens (including phenoxy) is 2. The smallest absolute Gasteiger partial charge is 0.313 e. The molecule has 0 amide bonds. The molecule has 0 bridgehead atoms. The lowest BCUT2D eigenvalue weighted by Gasteiger charge is -2.07. The molecule has 0 aromatic carbocycles. The average Bonchev–Trinajstić information content (AvgIpc) is 2.92. The molecule has 230 valence electrons. The van der Waals surface area contributed by atoms with Gasteiger partial charge in [0.15, 0.2) is 5.90 Å². The second-order valence-corrected chi connectivity index (χ2v) is 11.5. The van der Waals surface area contributed by atoms with Gasteiger partial charge in [-0.1, -0.05) is 162 Å². The van der Waals surface area contributed by atoms with Gasteiger partial charge in [-0.3, -0.25) is 15.0 Å². The van der Waals surface area contributed by atoms with E-state index in [9.17, 15) is 9.59 Å². The van der Waals surface area contributed by atoms with Crippen LogP contribution in [0.25, 0.3) is 0 Å². The minimum absolute atomic E-state index is 0.0292. The second-order valence-electron chi connectivity index (χ2n) is 11.5. The second kappa shape index (κ2) is 31.1. The number of hydrogen-bond acceptors (Lipinski definition) is 5. The van der Waals surface area contributed by atoms with Crippen molar-refractivity contribution in [2.24, 2.45) is 0 Å². The number of esters is 2. The van der Waals surface area contributed by atoms with Crippen LogP contribution in [0.15, 0.2) is 0 Å². The molecule has 0 aliphatic heterocycles. The van der Waals surface area contributed by atoms with E-state index >= 15 is 0 Å². The summed E-state index contributed by atoms with van der Waals surface area (Å²) in [5, 5.41) is 7.85. The highest BCUT2D eigenvalue weighted by Crippen LogP contribution is 2.14. The Hall–Kier alpha value is -1.39. The highest BCUT2D eigenvalue weighted by molar-refractivity contribution is 5.87. The Morgan fingerprint density at radius 2 is 0.769 bits per heavy atom. The molecule has 0 radical (unpaired) electrons. The van der Waals surface area contributed by atoms with Gasteiger partial charge < -0.3 is 9.47 Å². The minimum Gasteiger partial charge on any atom is -0.481 e. The number of carbonyl (C=O) groups excluding carboxylic acids is 2. The number of hydrogen-bond donors (Lipinski definition) is 1. The molecule has 0 saturated heterocycles. The van der Waals surface area contributed by atoms with Gasteiger partial charge in [0.25, 0.3) is 0 Å². The summed E-state index contributed by atoms with van der Waals surface area (Å²) in [6.07, 6.45) is 32.4. The quantitative estimate of drug-likeness (QED) is 0.0316. The van der Waals surface area contributed by atoms with E-state index < -0.39 is 11.9 Å². The lowest BCUT2D eigenvalue weighted by molar-refractivity contribution is -0.159. The third-order valence-electron chi connectivity index (χ3n) is 7.54. The maximum atomic E-state index is 11.9. The van der Waals surface area contributed by atoms with E-state index in [4.69, 9.17) is 14.9 Å². The van der Waals surface area contributed by atoms with Crippen molar-refractivity contribution >= 4 is 17.8 Å². The molecule has 0 spiro atoms. The molecule has 39 heavy (non-hydrogen) atoms. The zero-order chi connectivity index (χ0) is 28.7. The van der Waals surface area contributed by atoms with E-state index in [0.717, 1.165) is 32.1 Å². The van der Waals surface area contributed by atoms with Crippen molar-refractivity contribution in [2.75, 3.05) is 6.61 Å². The van der Waals surface area contributed by atoms with Crippen molar-refractivity contribution < 1.29 is 19.1 Å². The van der Waals surface area contributed by atoms with Crippen molar-refractivity contribution in [2.45, 2.75) is 194 Å². The van der Waals surface area contributed by atoms with E-state index in [1.54, 1.807) is 0 Å². The number of carbonyl (C=O) groups is 2. The van der Waals surface area contributed by atoms with Crippen LogP contribution in [-0.2, 0) is 19.1 Å². The Labute approximate surface area is 242 Å². The van der Waals surface area contributed by atoms with E-state index in [-0.39, 0.29) is 18.7 Å². The summed E-state index contributed by atoms with van der Waals surface area (Å²) in [5.41, 5.74) is 0. The van der Waals surface area contributed by atoms with Crippen LogP contribution in [0.1, 0.15) is 194 Å². The highest BCUT2D eigenvalue weighted by Gasteiger charge is 2.12. The van der Waals surface area contributed by atoms with E-state index in [1.807, 2.05) is 0 Å². The molecule has 0 unspecified atom stereocenters. The molecule has 0 aliphatic rings. The van der Waals surface area contributed by atoms with Crippen LogP contribution in [0.4, 0.5) is 0 Å². The summed E-state index contributed by atoms with van der Waals surface area (Å²) in [7, 11) is 0. The first-order valence-electron chi connectivity index (χ1n) is 17.0. The van der Waals surface area contributed by atoms with Gasteiger partial charge >= 0.3 is 11.9 Å². The predicted octanol–water partition coefficient (Wildman–Crippen LogP) is 11.0. The van der Waals surface area contributed by atoms with Crippen LogP contribution in [0.3, 0.4) is 0 Å². The third kappa shape index (κ3) is 31.0. The van der Waals surface area contributed by atoms with Gasteiger partial charge in [0.05, 0.1) is 13.0 Å². The fourth-order valence-corrected chi connectivity index (χ4v) is 4.94. The molecule has 0 atom stereocenters. The van der Waals surface area contributed by atoms with E-state index in [1.165, 1.54) is 128 Å². The van der Waals surface area contributed by atoms with Crippen LogP contribution in [0.5, 0.6) is 0 Å². The lowest BCUT2D eigenvalue weighted by atomic mass is 10.0. The van der Waals surface area contributed by atoms with Crippen molar-refractivity contribution in [1.82, 2.24) is 0 Å². The van der Waals surface area contributed by atoms with Gasteiger partial charge in [-0.2, -0.15) is 0 Å². The molecule has 0 fully saturated rings. The first kappa shape index (κ1) is 37.6. The number of rotatable bonds is 30. The van der Waals surface area contributed by atoms with E-state index in [2.05, 4.69) is 13.8 Å². The molecule has 0 saturated carbocycles. The maximum Gasteiger partial charge on any atom is 0.313 e. The average molecular weight is 552 g/mol. The summed E-state index contributed by atoms with van der Waals surface area (Å²) in [5.74, 6) is -0.876. The number of unbranched alkanes of at least 4 members (excludes halogenated alkanes) is 23. The summed E-state index contributed by atoms with van der Waals surface area (Å²) in [6, 6.07) is 0. The molecular weight excluding hydrogens is 486 g/mol. The first-order chi connectivity index (χ1) is 19.1. The van der Waals surface area contributed by atoms with Crippen LogP contribution in [0, 0.1) is 5.41 Å². The zero-order valence-corrected chi connectivity index (χ0v) is 26.1.